The SMILES string of the molecule is COC(=O)[C@H]1[C@@H](O)[C@@]2(O)c3c(OC)cc(OC4O[C@@H](CCN)CO[C@H]4OC)cc3O[C@@]2(c2ccc(OC)cc2)[C@@H]1c1ccccc1. The maximum atomic E-state index is 13.5. The third-order valence-electron chi connectivity index (χ3n) is 9.16. The maximum absolute atomic E-state index is 13.5. The Kier molecular flexibility index (Phi) is 8.85. The molecule has 3 aromatic rings. The fraction of sp³-hybridized carbons (Fsp3) is 0.441. The van der Waals surface area contributed by atoms with E-state index in [4.69, 9.17) is 43.6 Å². The van der Waals surface area contributed by atoms with E-state index < -0.39 is 47.7 Å². The number of aliphatic hydroxyl groups excluding tert-OH is 1. The first kappa shape index (κ1) is 32.0. The van der Waals surface area contributed by atoms with E-state index in [0.717, 1.165) is 0 Å². The van der Waals surface area contributed by atoms with Gasteiger partial charge in [0.25, 0.3) is 6.29 Å². The van der Waals surface area contributed by atoms with Crippen LogP contribution in [0.2, 0.25) is 0 Å². The minimum Gasteiger partial charge on any atom is -0.497 e. The monoisotopic (exact) mass is 637 g/mol. The molecule has 246 valence electrons. The van der Waals surface area contributed by atoms with Gasteiger partial charge in [-0.25, -0.2) is 0 Å². The number of hydrogen-bond donors (Lipinski definition) is 3. The van der Waals surface area contributed by atoms with E-state index in [0.29, 0.717) is 36.4 Å². The van der Waals surface area contributed by atoms with E-state index >= 15 is 0 Å². The maximum Gasteiger partial charge on any atom is 0.312 e. The number of benzene rings is 3. The molecule has 2 heterocycles. The molecule has 3 aliphatic rings. The largest absolute Gasteiger partial charge is 0.497 e. The number of fused-ring (bicyclic) bond motifs is 3. The molecule has 3 aromatic carbocycles. The van der Waals surface area contributed by atoms with E-state index in [2.05, 4.69) is 0 Å². The van der Waals surface area contributed by atoms with Crippen molar-refractivity contribution >= 4 is 5.97 Å². The van der Waals surface area contributed by atoms with E-state index in [-0.39, 0.29) is 28.9 Å². The number of carbonyl (C=O) groups excluding carboxylic acids is 1. The molecule has 1 aliphatic carbocycles. The molecule has 12 nitrogen and oxygen atoms in total. The molecule has 0 aromatic heterocycles. The van der Waals surface area contributed by atoms with Crippen molar-refractivity contribution in [2.24, 2.45) is 11.7 Å². The van der Waals surface area contributed by atoms with Gasteiger partial charge in [-0.1, -0.05) is 42.5 Å². The minimum atomic E-state index is -2.20. The first-order valence-corrected chi connectivity index (χ1v) is 15.0. The van der Waals surface area contributed by atoms with Gasteiger partial charge in [-0.3, -0.25) is 4.79 Å². The molecular weight excluding hydrogens is 598 g/mol. The van der Waals surface area contributed by atoms with Crippen molar-refractivity contribution in [3.8, 4) is 23.0 Å². The van der Waals surface area contributed by atoms with Crippen LogP contribution in [0, 0.1) is 5.92 Å². The fourth-order valence-corrected chi connectivity index (χ4v) is 7.16. The second-order valence-corrected chi connectivity index (χ2v) is 11.5. The van der Waals surface area contributed by atoms with Crippen LogP contribution in [-0.2, 0) is 34.9 Å². The van der Waals surface area contributed by atoms with Crippen LogP contribution in [-0.4, -0.2) is 82.6 Å². The summed E-state index contributed by atoms with van der Waals surface area (Å²) in [5, 5.41) is 25.1. The van der Waals surface area contributed by atoms with Crippen LogP contribution in [0.3, 0.4) is 0 Å². The predicted octanol–water partition coefficient (Wildman–Crippen LogP) is 2.57. The Labute approximate surface area is 266 Å². The highest BCUT2D eigenvalue weighted by atomic mass is 16.8. The number of methoxy groups -OCH3 is 4. The molecule has 2 aliphatic heterocycles. The number of nitrogens with two attached hydrogens (primary N) is 1. The lowest BCUT2D eigenvalue weighted by Crippen LogP contribution is -2.52. The molecule has 8 atom stereocenters. The van der Waals surface area contributed by atoms with E-state index in [1.807, 2.05) is 30.3 Å². The van der Waals surface area contributed by atoms with Gasteiger partial charge in [-0.05, 0) is 36.2 Å². The summed E-state index contributed by atoms with van der Waals surface area (Å²) in [7, 11) is 5.71. The number of esters is 1. The van der Waals surface area contributed by atoms with Gasteiger partial charge in [0.1, 0.15) is 29.1 Å². The molecule has 0 bridgehead atoms. The zero-order valence-corrected chi connectivity index (χ0v) is 26.1. The molecule has 0 radical (unpaired) electrons. The van der Waals surface area contributed by atoms with Crippen molar-refractivity contribution in [1.82, 2.24) is 0 Å². The Hall–Kier alpha value is -3.91. The molecule has 1 saturated carbocycles. The van der Waals surface area contributed by atoms with Gasteiger partial charge in [0, 0.05) is 25.2 Å². The number of hydrogen-bond acceptors (Lipinski definition) is 12. The van der Waals surface area contributed by atoms with Crippen molar-refractivity contribution in [2.75, 3.05) is 41.6 Å². The van der Waals surface area contributed by atoms with Gasteiger partial charge in [0.2, 0.25) is 6.29 Å². The van der Waals surface area contributed by atoms with Gasteiger partial charge in [0.05, 0.1) is 45.5 Å². The summed E-state index contributed by atoms with van der Waals surface area (Å²) in [5.41, 5.74) is 3.09. The van der Waals surface area contributed by atoms with Crippen LogP contribution in [0.5, 0.6) is 23.0 Å². The van der Waals surface area contributed by atoms with Gasteiger partial charge < -0.3 is 53.8 Å². The Bertz CT molecular complexity index is 1540. The Morgan fingerprint density at radius 3 is 2.35 bits per heavy atom. The molecular formula is C34H39NO11. The van der Waals surface area contributed by atoms with Crippen LogP contribution >= 0.6 is 0 Å². The molecule has 1 saturated heterocycles. The molecule has 46 heavy (non-hydrogen) atoms. The number of carbonyl (C=O) groups is 1. The first-order chi connectivity index (χ1) is 22.3. The lowest BCUT2D eigenvalue weighted by atomic mass is 9.70. The molecule has 0 amide bonds. The van der Waals surface area contributed by atoms with Crippen LogP contribution in [0.4, 0.5) is 0 Å². The zero-order valence-electron chi connectivity index (χ0n) is 26.1. The molecule has 2 fully saturated rings. The average molecular weight is 638 g/mol. The molecule has 6 rings (SSSR count). The molecule has 12 heteroatoms. The van der Waals surface area contributed by atoms with Crippen LogP contribution < -0.4 is 24.7 Å². The molecule has 4 N–H and O–H groups in total. The number of ether oxygens (including phenoxy) is 8. The lowest BCUT2D eigenvalue weighted by Gasteiger charge is -2.40. The summed E-state index contributed by atoms with van der Waals surface area (Å²) in [5.74, 6) is -1.66. The fourth-order valence-electron chi connectivity index (χ4n) is 7.16. The normalized spacial score (nSPS) is 31.4. The molecule has 0 spiro atoms. The summed E-state index contributed by atoms with van der Waals surface area (Å²) in [4.78, 5) is 13.5. The van der Waals surface area contributed by atoms with E-state index in [1.165, 1.54) is 21.3 Å². The summed E-state index contributed by atoms with van der Waals surface area (Å²) >= 11 is 0. The van der Waals surface area contributed by atoms with Crippen LogP contribution in [0.25, 0.3) is 0 Å². The molecule has 1 unspecified atom stereocenters. The number of rotatable bonds is 10. The van der Waals surface area contributed by atoms with Gasteiger partial charge in [0.15, 0.2) is 11.2 Å². The second kappa shape index (κ2) is 12.7. The number of aliphatic hydroxyl groups is 2. The Morgan fingerprint density at radius 1 is 0.978 bits per heavy atom. The quantitative estimate of drug-likeness (QED) is 0.280. The summed E-state index contributed by atoms with van der Waals surface area (Å²) in [6.07, 6.45) is -3.20. The van der Waals surface area contributed by atoms with E-state index in [1.54, 1.807) is 43.5 Å². The van der Waals surface area contributed by atoms with Crippen molar-refractivity contribution in [1.29, 1.82) is 0 Å². The van der Waals surface area contributed by atoms with Crippen molar-refractivity contribution < 1.29 is 52.9 Å². The summed E-state index contributed by atoms with van der Waals surface area (Å²) in [6, 6.07) is 19.2. The first-order valence-electron chi connectivity index (χ1n) is 15.0. The topological polar surface area (TPSA) is 157 Å². The zero-order chi connectivity index (χ0) is 32.6. The van der Waals surface area contributed by atoms with Gasteiger partial charge >= 0.3 is 5.97 Å². The van der Waals surface area contributed by atoms with Crippen molar-refractivity contribution in [3.63, 3.8) is 0 Å². The van der Waals surface area contributed by atoms with Crippen molar-refractivity contribution in [2.45, 2.75) is 48.3 Å². The van der Waals surface area contributed by atoms with Crippen LogP contribution in [0.15, 0.2) is 66.7 Å². The van der Waals surface area contributed by atoms with Crippen LogP contribution in [0.1, 0.15) is 29.0 Å². The standard InChI is InChI=1S/C34H39NO11/c1-39-21-12-10-20(11-13-21)34-27(19-8-6-5-7-9-19)26(30(37)41-3)29(36)33(34,38)28-24(40-2)16-23(17-25(28)46-34)45-32-31(42-4)43-18-22(44-32)14-15-35/h5-13,16-17,22,26-27,29,31-32,36,38H,14-15,18,35H2,1-4H3/t22-,26+,27+,29+,31+,32?,33-,34-/m0/s1. The highest BCUT2D eigenvalue weighted by Gasteiger charge is 2.78. The average Bonchev–Trinajstić information content (AvgIpc) is 3.46. The van der Waals surface area contributed by atoms with Gasteiger partial charge in [-0.2, -0.15) is 0 Å². The second-order valence-electron chi connectivity index (χ2n) is 11.5. The highest BCUT2D eigenvalue weighted by Crippen LogP contribution is 2.70. The minimum absolute atomic E-state index is 0.156. The highest BCUT2D eigenvalue weighted by molar-refractivity contribution is 5.78. The Morgan fingerprint density at radius 2 is 1.72 bits per heavy atom. The van der Waals surface area contributed by atoms with Gasteiger partial charge in [-0.15, -0.1) is 0 Å². The third kappa shape index (κ3) is 4.88. The smallest absolute Gasteiger partial charge is 0.312 e. The Balaban J connectivity index is 1.53. The lowest BCUT2D eigenvalue weighted by molar-refractivity contribution is -0.312. The predicted molar refractivity (Wildman–Crippen MR) is 163 cm³/mol. The summed E-state index contributed by atoms with van der Waals surface area (Å²) < 4.78 is 46.9. The van der Waals surface area contributed by atoms with E-state index in [9.17, 15) is 15.0 Å². The summed E-state index contributed by atoms with van der Waals surface area (Å²) in [6.45, 7) is 0.701. The third-order valence-corrected chi connectivity index (χ3v) is 9.16. The van der Waals surface area contributed by atoms with Crippen molar-refractivity contribution in [3.05, 3.63) is 83.4 Å².